The number of carbonyl (C=O) groups excluding carboxylic acids is 1. The number of nitrogens with two attached hydrogens (primary N) is 1. The molecule has 0 aromatic carbocycles. The van der Waals surface area contributed by atoms with E-state index in [2.05, 4.69) is 17.0 Å². The van der Waals surface area contributed by atoms with Gasteiger partial charge in [-0.3, -0.25) is 9.80 Å². The number of halogens is 3. The smallest absolute Gasteiger partial charge is 0.359 e. The Labute approximate surface area is 164 Å². The van der Waals surface area contributed by atoms with Crippen molar-refractivity contribution < 1.29 is 18.0 Å². The monoisotopic (exact) mass is 408 g/mol. The summed E-state index contributed by atoms with van der Waals surface area (Å²) in [6, 6.07) is 0. The number of carbonyl (C=O) groups is 1. The molecule has 0 radical (unpaired) electrons. The summed E-state index contributed by atoms with van der Waals surface area (Å²) in [7, 11) is 1.24. The Morgan fingerprint density at radius 2 is 1.96 bits per heavy atom. The van der Waals surface area contributed by atoms with Gasteiger partial charge in [-0.1, -0.05) is 24.8 Å². The molecule has 0 unspecified atom stereocenters. The fourth-order valence-electron chi connectivity index (χ4n) is 1.46. The Hall–Kier alpha value is -1.74. The third-order valence-corrected chi connectivity index (χ3v) is 4.08. The molecule has 0 saturated carbocycles. The Balaban J connectivity index is 0. The van der Waals surface area contributed by atoms with Gasteiger partial charge in [0.15, 0.2) is 0 Å². The lowest BCUT2D eigenvalue weighted by atomic mass is 10.3. The van der Waals surface area contributed by atoms with Crippen LogP contribution in [-0.2, 0) is 4.79 Å². The third-order valence-electron chi connectivity index (χ3n) is 2.93. The quantitative estimate of drug-likeness (QED) is 0.178. The fourth-order valence-corrected chi connectivity index (χ4v) is 2.13. The van der Waals surface area contributed by atoms with Gasteiger partial charge in [-0.15, -0.1) is 11.8 Å². The Bertz CT molecular complexity index is 517. The molecule has 0 aliphatic heterocycles. The van der Waals surface area contributed by atoms with Gasteiger partial charge in [0.05, 0.1) is 0 Å². The normalized spacial score (nSPS) is 12.4. The second-order valence-electron chi connectivity index (χ2n) is 5.46. The van der Waals surface area contributed by atoms with Crippen LogP contribution in [0.2, 0.25) is 0 Å². The summed E-state index contributed by atoms with van der Waals surface area (Å²) in [5.41, 5.74) is 4.82. The molecular weight excluding hydrogens is 377 g/mol. The maximum absolute atomic E-state index is 12.4. The summed E-state index contributed by atoms with van der Waals surface area (Å²) in [4.78, 5) is 10.7. The lowest BCUT2D eigenvalue weighted by Gasteiger charge is -2.19. The maximum atomic E-state index is 12.4. The van der Waals surface area contributed by atoms with Gasteiger partial charge in [0.1, 0.15) is 5.70 Å². The topological polar surface area (TPSA) is 70.7 Å². The van der Waals surface area contributed by atoms with Crippen molar-refractivity contribution in [3.05, 3.63) is 35.4 Å². The molecule has 0 aromatic heterocycles. The van der Waals surface area contributed by atoms with E-state index in [0.717, 1.165) is 29.3 Å². The zero-order valence-corrected chi connectivity index (χ0v) is 17.3. The van der Waals surface area contributed by atoms with Crippen molar-refractivity contribution in [2.45, 2.75) is 39.8 Å². The van der Waals surface area contributed by atoms with Crippen LogP contribution in [0.1, 0.15) is 33.6 Å². The molecule has 5 nitrogen and oxygen atoms in total. The molecule has 0 atom stereocenters. The minimum Gasteiger partial charge on any atom is -0.359 e. The van der Waals surface area contributed by atoms with Crippen LogP contribution >= 0.6 is 11.8 Å². The largest absolute Gasteiger partial charge is 0.432 e. The summed E-state index contributed by atoms with van der Waals surface area (Å²) in [5, 5.41) is 7.17. The summed E-state index contributed by atoms with van der Waals surface area (Å²) in [6.45, 7) is 9.99. The molecule has 0 rings (SSSR count). The van der Waals surface area contributed by atoms with Gasteiger partial charge >= 0.3 is 6.18 Å². The first-order chi connectivity index (χ1) is 12.6. The Morgan fingerprint density at radius 1 is 1.33 bits per heavy atom. The summed E-state index contributed by atoms with van der Waals surface area (Å²) in [6.07, 6.45) is 3.98. The van der Waals surface area contributed by atoms with Crippen molar-refractivity contribution in [2.24, 2.45) is 10.8 Å². The zero-order valence-electron chi connectivity index (χ0n) is 16.5. The number of alkyl halides is 3. The van der Waals surface area contributed by atoms with Gasteiger partial charge in [0.2, 0.25) is 6.41 Å². The second-order valence-corrected chi connectivity index (χ2v) is 6.68. The molecule has 27 heavy (non-hydrogen) atoms. The van der Waals surface area contributed by atoms with Crippen LogP contribution in [0.4, 0.5) is 13.2 Å². The van der Waals surface area contributed by atoms with E-state index in [1.54, 1.807) is 6.92 Å². The molecule has 156 valence electrons. The molecule has 0 aromatic rings. The highest BCUT2D eigenvalue weighted by molar-refractivity contribution is 8.03. The number of nitrogens with zero attached hydrogens (tertiary/aromatic N) is 2. The molecule has 0 spiro atoms. The number of hydrogen-bond donors (Lipinski definition) is 2. The first kappa shape index (κ1) is 27.5. The summed E-state index contributed by atoms with van der Waals surface area (Å²) >= 11 is 1.53. The van der Waals surface area contributed by atoms with Crippen molar-refractivity contribution in [2.75, 3.05) is 25.9 Å². The number of unbranched alkanes of at least 4 members (excludes halogenated alkanes) is 1. The molecule has 9 heteroatoms. The standard InChI is InChI=1S/C13H19F3N2S.C5H12N2O/c1-6-7-8-11(3)19-9-10(2)17-18(5)12(4)13(14,15)16;6-3-1-2-4-7-5-8/h6-8H,4,9H2,1-3,5H3;5H,1-4,6H2,(H,7,8)/b7-6-,11-8-,17-10+;. The molecule has 0 heterocycles. The highest BCUT2D eigenvalue weighted by atomic mass is 32.2. The summed E-state index contributed by atoms with van der Waals surface area (Å²) < 4.78 is 37.1. The number of thioether (sulfide) groups is 1. The molecule has 0 saturated heterocycles. The van der Waals surface area contributed by atoms with Gasteiger partial charge in [-0.25, -0.2) is 0 Å². The summed E-state index contributed by atoms with van der Waals surface area (Å²) in [5.74, 6) is 0.537. The highest BCUT2D eigenvalue weighted by Crippen LogP contribution is 2.26. The number of nitrogens with one attached hydrogen (secondary N) is 1. The minimum absolute atomic E-state index is 0.537. The Morgan fingerprint density at radius 3 is 2.44 bits per heavy atom. The van der Waals surface area contributed by atoms with Crippen LogP contribution < -0.4 is 11.1 Å². The van der Waals surface area contributed by atoms with Crippen molar-refractivity contribution in [1.82, 2.24) is 10.3 Å². The first-order valence-corrected chi connectivity index (χ1v) is 9.42. The van der Waals surface area contributed by atoms with E-state index >= 15 is 0 Å². The van der Waals surface area contributed by atoms with E-state index in [1.165, 1.54) is 18.8 Å². The van der Waals surface area contributed by atoms with E-state index in [0.29, 0.717) is 24.4 Å². The van der Waals surface area contributed by atoms with E-state index in [4.69, 9.17) is 5.73 Å². The van der Waals surface area contributed by atoms with Crippen LogP contribution in [0.3, 0.4) is 0 Å². The van der Waals surface area contributed by atoms with E-state index in [-0.39, 0.29) is 0 Å². The van der Waals surface area contributed by atoms with Gasteiger partial charge in [-0.05, 0) is 45.1 Å². The number of allylic oxidation sites excluding steroid dienone is 5. The van der Waals surface area contributed by atoms with Crippen molar-refractivity contribution in [3.63, 3.8) is 0 Å². The predicted octanol–water partition coefficient (Wildman–Crippen LogP) is 4.05. The molecule has 0 fully saturated rings. The minimum atomic E-state index is -4.45. The lowest BCUT2D eigenvalue weighted by molar-refractivity contribution is -0.110. The van der Waals surface area contributed by atoms with Gasteiger partial charge in [0, 0.05) is 25.1 Å². The van der Waals surface area contributed by atoms with Gasteiger partial charge in [0.25, 0.3) is 0 Å². The predicted molar refractivity (Wildman–Crippen MR) is 109 cm³/mol. The maximum Gasteiger partial charge on any atom is 0.432 e. The van der Waals surface area contributed by atoms with Crippen molar-refractivity contribution in [1.29, 1.82) is 0 Å². The molecular formula is C18H31F3N4OS. The van der Waals surface area contributed by atoms with E-state index in [1.807, 2.05) is 32.1 Å². The first-order valence-electron chi connectivity index (χ1n) is 8.43. The number of hydrogen-bond acceptors (Lipinski definition) is 5. The average molecular weight is 409 g/mol. The molecule has 0 aliphatic carbocycles. The average Bonchev–Trinajstić information content (AvgIpc) is 2.61. The van der Waals surface area contributed by atoms with Crippen molar-refractivity contribution >= 4 is 23.9 Å². The zero-order chi connectivity index (χ0) is 21.3. The SMILES string of the molecule is C=C(N(C)/N=C(\C)CS/C(C)=C\C=C/C)C(F)(F)F.NCCCCNC=O. The van der Waals surface area contributed by atoms with Gasteiger partial charge in [-0.2, -0.15) is 18.3 Å². The third kappa shape index (κ3) is 17.4. The van der Waals surface area contributed by atoms with Crippen LogP contribution in [-0.4, -0.2) is 49.2 Å². The molecule has 1 amide bonds. The van der Waals surface area contributed by atoms with Crippen LogP contribution in [0, 0.1) is 0 Å². The van der Waals surface area contributed by atoms with E-state index in [9.17, 15) is 18.0 Å². The van der Waals surface area contributed by atoms with Crippen LogP contribution in [0.5, 0.6) is 0 Å². The molecule has 3 N–H and O–H groups in total. The van der Waals surface area contributed by atoms with E-state index < -0.39 is 11.9 Å². The van der Waals surface area contributed by atoms with Crippen molar-refractivity contribution in [3.8, 4) is 0 Å². The molecule has 0 aliphatic rings. The lowest BCUT2D eigenvalue weighted by Crippen LogP contribution is -2.24. The van der Waals surface area contributed by atoms with Crippen LogP contribution in [0.15, 0.2) is 40.5 Å². The van der Waals surface area contributed by atoms with Gasteiger partial charge < -0.3 is 11.1 Å². The molecule has 0 bridgehead atoms. The fraction of sp³-hybridized carbons (Fsp3) is 0.556. The number of amides is 1. The van der Waals surface area contributed by atoms with Crippen LogP contribution in [0.25, 0.3) is 0 Å². The number of hydrazone groups is 1. The second kappa shape index (κ2) is 16.4. The highest BCUT2D eigenvalue weighted by Gasteiger charge is 2.34. The number of rotatable bonds is 11. The Kier molecular flexibility index (Phi) is 16.7.